The zero-order valence-corrected chi connectivity index (χ0v) is 17.3. The molecule has 1 fully saturated rings. The number of aryl methyl sites for hydroxylation is 1. The average molecular weight is 396 g/mol. The first kappa shape index (κ1) is 20.7. The van der Waals surface area contributed by atoms with Crippen LogP contribution in [0.1, 0.15) is 61.2 Å². The summed E-state index contributed by atoms with van der Waals surface area (Å²) in [6, 6.07) is 5.74. The number of furan rings is 1. The van der Waals surface area contributed by atoms with E-state index >= 15 is 0 Å². The van der Waals surface area contributed by atoms with Crippen LogP contribution in [0.4, 0.5) is 0 Å². The minimum Gasteiger partial charge on any atom is -0.443 e. The van der Waals surface area contributed by atoms with Crippen molar-refractivity contribution >= 4 is 11.8 Å². The second-order valence-corrected chi connectivity index (χ2v) is 7.50. The van der Waals surface area contributed by atoms with Gasteiger partial charge in [0.2, 0.25) is 11.8 Å². The summed E-state index contributed by atoms with van der Waals surface area (Å²) < 4.78 is 7.40. The molecule has 29 heavy (non-hydrogen) atoms. The molecule has 2 aromatic heterocycles. The summed E-state index contributed by atoms with van der Waals surface area (Å²) in [4.78, 5) is 27.4. The normalized spacial score (nSPS) is 14.8. The predicted molar refractivity (Wildman–Crippen MR) is 109 cm³/mol. The number of nitrogens with one attached hydrogen (secondary N) is 1. The highest BCUT2D eigenvalue weighted by atomic mass is 16.4. The van der Waals surface area contributed by atoms with Crippen molar-refractivity contribution in [3.63, 3.8) is 0 Å². The van der Waals surface area contributed by atoms with Gasteiger partial charge in [-0.15, -0.1) is 0 Å². The highest BCUT2D eigenvalue weighted by Gasteiger charge is 2.30. The lowest BCUT2D eigenvalue weighted by molar-refractivity contribution is -0.136. The van der Waals surface area contributed by atoms with E-state index in [1.54, 1.807) is 23.9 Å². The number of amides is 2. The fraction of sp³-hybridized carbons (Fsp3) is 0.500. The zero-order valence-electron chi connectivity index (χ0n) is 17.3. The maximum atomic E-state index is 12.9. The van der Waals surface area contributed by atoms with Gasteiger partial charge < -0.3 is 14.6 Å². The van der Waals surface area contributed by atoms with Crippen molar-refractivity contribution in [1.82, 2.24) is 14.8 Å². The van der Waals surface area contributed by atoms with E-state index in [2.05, 4.69) is 11.4 Å². The first-order chi connectivity index (χ1) is 14.0. The fourth-order valence-corrected chi connectivity index (χ4v) is 3.96. The molecule has 0 atom stereocenters. The lowest BCUT2D eigenvalue weighted by Gasteiger charge is -2.34. The largest absolute Gasteiger partial charge is 0.443 e. The SMILES string of the molecule is CCC(CC)C(=O)N1CCC(NC(=O)c2c(C)oc(-n3cccc3)c2C#N)CC1. The molecule has 7 nitrogen and oxygen atoms in total. The van der Waals surface area contributed by atoms with Crippen molar-refractivity contribution in [2.24, 2.45) is 5.92 Å². The monoisotopic (exact) mass is 396 g/mol. The Labute approximate surface area is 171 Å². The molecule has 2 aromatic rings. The number of carbonyl (C=O) groups excluding carboxylic acids is 2. The molecule has 0 bridgehead atoms. The van der Waals surface area contributed by atoms with Crippen molar-refractivity contribution in [1.29, 1.82) is 5.26 Å². The van der Waals surface area contributed by atoms with Gasteiger partial charge in [0.1, 0.15) is 23.0 Å². The Morgan fingerprint density at radius 2 is 1.86 bits per heavy atom. The Balaban J connectivity index is 1.67. The molecule has 1 N–H and O–H groups in total. The van der Waals surface area contributed by atoms with E-state index in [0.717, 1.165) is 12.8 Å². The van der Waals surface area contributed by atoms with E-state index in [1.807, 2.05) is 30.9 Å². The van der Waals surface area contributed by atoms with Gasteiger partial charge in [-0.3, -0.25) is 14.2 Å². The van der Waals surface area contributed by atoms with Crippen LogP contribution in [-0.2, 0) is 4.79 Å². The summed E-state index contributed by atoms with van der Waals surface area (Å²) in [5.41, 5.74) is 0.518. The van der Waals surface area contributed by atoms with Crippen LogP contribution in [0.5, 0.6) is 0 Å². The third-order valence-corrected chi connectivity index (χ3v) is 5.72. The van der Waals surface area contributed by atoms with Gasteiger partial charge in [-0.2, -0.15) is 5.26 Å². The predicted octanol–water partition coefficient (Wildman–Crippen LogP) is 3.41. The second kappa shape index (κ2) is 8.99. The molecular weight excluding hydrogens is 368 g/mol. The van der Waals surface area contributed by atoms with E-state index < -0.39 is 0 Å². The maximum absolute atomic E-state index is 12.9. The smallest absolute Gasteiger partial charge is 0.256 e. The number of likely N-dealkylation sites (tertiary alicyclic amines) is 1. The van der Waals surface area contributed by atoms with Gasteiger partial charge in [0.05, 0.1) is 0 Å². The van der Waals surface area contributed by atoms with Crippen LogP contribution in [0.25, 0.3) is 5.88 Å². The van der Waals surface area contributed by atoms with E-state index in [-0.39, 0.29) is 34.9 Å². The van der Waals surface area contributed by atoms with Crippen LogP contribution in [0.2, 0.25) is 0 Å². The molecule has 3 heterocycles. The second-order valence-electron chi connectivity index (χ2n) is 7.50. The van der Waals surface area contributed by atoms with E-state index in [0.29, 0.717) is 37.6 Å². The van der Waals surface area contributed by atoms with Crippen LogP contribution < -0.4 is 5.32 Å². The number of hydrogen-bond donors (Lipinski definition) is 1. The molecule has 0 radical (unpaired) electrons. The van der Waals surface area contributed by atoms with Gasteiger partial charge in [-0.1, -0.05) is 13.8 Å². The van der Waals surface area contributed by atoms with Crippen molar-refractivity contribution in [3.8, 4) is 12.0 Å². The van der Waals surface area contributed by atoms with Crippen molar-refractivity contribution in [3.05, 3.63) is 41.4 Å². The molecule has 1 aliphatic heterocycles. The Hall–Kier alpha value is -3.01. The van der Waals surface area contributed by atoms with Crippen LogP contribution in [0, 0.1) is 24.2 Å². The summed E-state index contributed by atoms with van der Waals surface area (Å²) in [6.45, 7) is 7.07. The van der Waals surface area contributed by atoms with Gasteiger partial charge >= 0.3 is 0 Å². The van der Waals surface area contributed by atoms with Gasteiger partial charge in [-0.25, -0.2) is 0 Å². The number of piperidine rings is 1. The number of aromatic nitrogens is 1. The van der Waals surface area contributed by atoms with E-state index in [1.165, 1.54) is 0 Å². The van der Waals surface area contributed by atoms with Crippen LogP contribution in [-0.4, -0.2) is 40.4 Å². The molecule has 0 aromatic carbocycles. The van der Waals surface area contributed by atoms with Gasteiger partial charge in [0.15, 0.2) is 0 Å². The van der Waals surface area contributed by atoms with Crippen molar-refractivity contribution in [2.75, 3.05) is 13.1 Å². The summed E-state index contributed by atoms with van der Waals surface area (Å²) in [6.07, 6.45) is 6.67. The first-order valence-corrected chi connectivity index (χ1v) is 10.3. The van der Waals surface area contributed by atoms with E-state index in [9.17, 15) is 14.9 Å². The fourth-order valence-electron chi connectivity index (χ4n) is 3.96. The Bertz CT molecular complexity index is 895. The van der Waals surface area contributed by atoms with E-state index in [4.69, 9.17) is 4.42 Å². The molecule has 3 rings (SSSR count). The molecule has 1 aliphatic rings. The Morgan fingerprint density at radius 3 is 2.41 bits per heavy atom. The third-order valence-electron chi connectivity index (χ3n) is 5.72. The molecule has 1 saturated heterocycles. The quantitative estimate of drug-likeness (QED) is 0.810. The lowest BCUT2D eigenvalue weighted by Crippen LogP contribution is -2.48. The van der Waals surface area contributed by atoms with Crippen LogP contribution >= 0.6 is 0 Å². The minimum absolute atomic E-state index is 0.0240. The van der Waals surface area contributed by atoms with Crippen molar-refractivity contribution in [2.45, 2.75) is 52.5 Å². The summed E-state index contributed by atoms with van der Waals surface area (Å²) >= 11 is 0. The average Bonchev–Trinajstić information content (AvgIpc) is 3.36. The lowest BCUT2D eigenvalue weighted by atomic mass is 9.98. The molecule has 7 heteroatoms. The summed E-state index contributed by atoms with van der Waals surface area (Å²) in [5, 5.41) is 12.6. The number of nitriles is 1. The van der Waals surface area contributed by atoms with Gasteiger partial charge in [0, 0.05) is 37.4 Å². The molecule has 0 saturated carbocycles. The first-order valence-electron chi connectivity index (χ1n) is 10.3. The zero-order chi connectivity index (χ0) is 21.0. The third kappa shape index (κ3) is 4.21. The number of hydrogen-bond acceptors (Lipinski definition) is 4. The highest BCUT2D eigenvalue weighted by Crippen LogP contribution is 2.26. The standard InChI is InChI=1S/C22H28N4O3/c1-4-16(5-2)21(28)25-12-8-17(9-13-25)24-20(27)19-15(3)29-22(18(19)14-23)26-10-6-7-11-26/h6-7,10-11,16-17H,4-5,8-9,12-13H2,1-3H3,(H,24,27). The summed E-state index contributed by atoms with van der Waals surface area (Å²) in [7, 11) is 0. The Kier molecular flexibility index (Phi) is 6.42. The van der Waals surface area contributed by atoms with Crippen LogP contribution in [0.15, 0.2) is 28.9 Å². The van der Waals surface area contributed by atoms with Crippen LogP contribution in [0.3, 0.4) is 0 Å². The molecular formula is C22H28N4O3. The molecule has 0 aliphatic carbocycles. The van der Waals surface area contributed by atoms with Gasteiger partial charge in [-0.05, 0) is 44.7 Å². The molecule has 0 spiro atoms. The number of nitrogens with zero attached hydrogens (tertiary/aromatic N) is 3. The molecule has 154 valence electrons. The topological polar surface area (TPSA) is 91.3 Å². The Morgan fingerprint density at radius 1 is 1.24 bits per heavy atom. The maximum Gasteiger partial charge on any atom is 0.256 e. The summed E-state index contributed by atoms with van der Waals surface area (Å²) in [5.74, 6) is 0.773. The molecule has 0 unspecified atom stereocenters. The number of carbonyl (C=O) groups is 2. The molecule has 2 amide bonds. The minimum atomic E-state index is -0.300. The number of rotatable bonds is 6. The highest BCUT2D eigenvalue weighted by molar-refractivity contribution is 5.98. The van der Waals surface area contributed by atoms with Crippen molar-refractivity contribution < 1.29 is 14.0 Å². The van der Waals surface area contributed by atoms with Gasteiger partial charge in [0.25, 0.3) is 5.91 Å².